The van der Waals surface area contributed by atoms with Gasteiger partial charge in [0.05, 0.1) is 19.3 Å². The molecule has 7 heteroatoms. The monoisotopic (exact) mass is 285 g/mol. The molecule has 20 heavy (non-hydrogen) atoms. The molecule has 2 N–H and O–H groups in total. The largest absolute Gasteiger partial charge is 0.379 e. The Morgan fingerprint density at radius 2 is 1.85 bits per heavy atom. The normalized spacial score (nSPS) is 23.5. The highest BCUT2D eigenvalue weighted by molar-refractivity contribution is 6.35. The van der Waals surface area contributed by atoms with Crippen molar-refractivity contribution in [3.63, 3.8) is 0 Å². The smallest absolute Gasteiger partial charge is 0.309 e. The van der Waals surface area contributed by atoms with Gasteiger partial charge in [-0.15, -0.1) is 0 Å². The summed E-state index contributed by atoms with van der Waals surface area (Å²) < 4.78 is 10.6. The summed E-state index contributed by atoms with van der Waals surface area (Å²) in [6.07, 6.45) is 2.02. The van der Waals surface area contributed by atoms with E-state index < -0.39 is 11.8 Å². The summed E-state index contributed by atoms with van der Waals surface area (Å²) in [5.74, 6) is -1.15. The van der Waals surface area contributed by atoms with Crippen LogP contribution in [0, 0.1) is 0 Å². The molecule has 2 heterocycles. The molecule has 0 saturated carbocycles. The molecule has 0 spiro atoms. The predicted octanol–water partition coefficient (Wildman–Crippen LogP) is -1.27. The van der Waals surface area contributed by atoms with Crippen LogP contribution in [-0.4, -0.2) is 75.4 Å². The van der Waals surface area contributed by atoms with Gasteiger partial charge in [0.2, 0.25) is 0 Å². The van der Waals surface area contributed by atoms with E-state index in [2.05, 4.69) is 15.5 Å². The second kappa shape index (κ2) is 8.18. The van der Waals surface area contributed by atoms with Gasteiger partial charge in [-0.1, -0.05) is 0 Å². The van der Waals surface area contributed by atoms with Crippen LogP contribution < -0.4 is 10.6 Å². The Bertz CT molecular complexity index is 326. The third-order valence-electron chi connectivity index (χ3n) is 3.54. The zero-order valence-corrected chi connectivity index (χ0v) is 11.7. The van der Waals surface area contributed by atoms with Crippen LogP contribution in [0.3, 0.4) is 0 Å². The molecule has 2 rings (SSSR count). The Kier molecular flexibility index (Phi) is 6.23. The Morgan fingerprint density at radius 3 is 2.55 bits per heavy atom. The van der Waals surface area contributed by atoms with E-state index in [1.165, 1.54) is 0 Å². The van der Waals surface area contributed by atoms with Gasteiger partial charge in [-0.2, -0.15) is 0 Å². The van der Waals surface area contributed by atoms with Crippen LogP contribution in [0.15, 0.2) is 0 Å². The highest BCUT2D eigenvalue weighted by atomic mass is 16.5. The van der Waals surface area contributed by atoms with Gasteiger partial charge >= 0.3 is 11.8 Å². The summed E-state index contributed by atoms with van der Waals surface area (Å²) in [6.45, 7) is 5.59. The van der Waals surface area contributed by atoms with Crippen LogP contribution >= 0.6 is 0 Å². The average molecular weight is 285 g/mol. The first kappa shape index (κ1) is 15.2. The quantitative estimate of drug-likeness (QED) is 0.616. The lowest BCUT2D eigenvalue weighted by Crippen LogP contribution is -2.46. The Labute approximate surface area is 119 Å². The molecule has 2 aliphatic rings. The second-order valence-electron chi connectivity index (χ2n) is 5.05. The topological polar surface area (TPSA) is 79.9 Å². The maximum Gasteiger partial charge on any atom is 0.309 e. The van der Waals surface area contributed by atoms with Crippen LogP contribution in [0.25, 0.3) is 0 Å². The van der Waals surface area contributed by atoms with Crippen LogP contribution in [-0.2, 0) is 19.1 Å². The van der Waals surface area contributed by atoms with Gasteiger partial charge in [-0.3, -0.25) is 14.5 Å². The number of hydrogen-bond acceptors (Lipinski definition) is 5. The van der Waals surface area contributed by atoms with Crippen molar-refractivity contribution in [3.8, 4) is 0 Å². The lowest BCUT2D eigenvalue weighted by Gasteiger charge is -2.26. The van der Waals surface area contributed by atoms with E-state index in [4.69, 9.17) is 9.47 Å². The van der Waals surface area contributed by atoms with E-state index in [9.17, 15) is 9.59 Å². The molecule has 7 nitrogen and oxygen atoms in total. The van der Waals surface area contributed by atoms with Crippen molar-refractivity contribution in [3.05, 3.63) is 0 Å². The van der Waals surface area contributed by atoms with Crippen molar-refractivity contribution in [2.24, 2.45) is 0 Å². The Morgan fingerprint density at radius 1 is 1.10 bits per heavy atom. The molecule has 0 radical (unpaired) electrons. The van der Waals surface area contributed by atoms with Crippen molar-refractivity contribution in [2.45, 2.75) is 18.9 Å². The number of nitrogens with zero attached hydrogens (tertiary/aromatic N) is 1. The summed E-state index contributed by atoms with van der Waals surface area (Å²) in [7, 11) is 0. The number of ether oxygens (including phenoxy) is 2. The van der Waals surface area contributed by atoms with Crippen molar-refractivity contribution in [2.75, 3.05) is 52.5 Å². The predicted molar refractivity (Wildman–Crippen MR) is 72.3 cm³/mol. The molecule has 0 unspecified atom stereocenters. The number of rotatable bonds is 5. The van der Waals surface area contributed by atoms with Gasteiger partial charge in [0, 0.05) is 39.3 Å². The molecule has 0 aromatic rings. The molecular formula is C13H23N3O4. The standard InChI is InChI=1S/C13H23N3O4/c17-12(13(18)15-10-11-2-1-7-20-11)14-3-4-16-5-8-19-9-6-16/h11H,1-10H2,(H,14,17)(H,15,18)/t11-/m0/s1. The summed E-state index contributed by atoms with van der Waals surface area (Å²) in [4.78, 5) is 25.4. The number of hydrogen-bond donors (Lipinski definition) is 2. The van der Waals surface area contributed by atoms with Gasteiger partial charge in [0.1, 0.15) is 0 Å². The number of morpholine rings is 1. The second-order valence-corrected chi connectivity index (χ2v) is 5.05. The first-order valence-corrected chi connectivity index (χ1v) is 7.23. The van der Waals surface area contributed by atoms with E-state index >= 15 is 0 Å². The minimum atomic E-state index is -0.581. The number of amides is 2. The molecule has 2 saturated heterocycles. The third-order valence-corrected chi connectivity index (χ3v) is 3.54. The van der Waals surface area contributed by atoms with Gasteiger partial charge < -0.3 is 20.1 Å². The van der Waals surface area contributed by atoms with E-state index in [-0.39, 0.29) is 6.10 Å². The fourth-order valence-electron chi connectivity index (χ4n) is 2.32. The number of carbonyl (C=O) groups is 2. The summed E-state index contributed by atoms with van der Waals surface area (Å²) in [5, 5.41) is 5.23. The lowest BCUT2D eigenvalue weighted by molar-refractivity contribution is -0.139. The van der Waals surface area contributed by atoms with Crippen LogP contribution in [0.5, 0.6) is 0 Å². The fourth-order valence-corrected chi connectivity index (χ4v) is 2.32. The number of carbonyl (C=O) groups excluding carboxylic acids is 2. The van der Waals surface area contributed by atoms with Crippen LogP contribution in [0.1, 0.15) is 12.8 Å². The lowest BCUT2D eigenvalue weighted by atomic mass is 10.2. The van der Waals surface area contributed by atoms with Crippen molar-refractivity contribution >= 4 is 11.8 Å². The third kappa shape index (κ3) is 5.07. The zero-order valence-electron chi connectivity index (χ0n) is 11.7. The maximum absolute atomic E-state index is 11.6. The Hall–Kier alpha value is -1.18. The molecular weight excluding hydrogens is 262 g/mol. The van der Waals surface area contributed by atoms with E-state index in [0.29, 0.717) is 13.1 Å². The van der Waals surface area contributed by atoms with Gasteiger partial charge in [0.25, 0.3) is 0 Å². The highest BCUT2D eigenvalue weighted by Gasteiger charge is 2.19. The van der Waals surface area contributed by atoms with Crippen LogP contribution in [0.2, 0.25) is 0 Å². The summed E-state index contributed by atoms with van der Waals surface area (Å²) >= 11 is 0. The van der Waals surface area contributed by atoms with Crippen LogP contribution in [0.4, 0.5) is 0 Å². The molecule has 0 aliphatic carbocycles. The van der Waals surface area contributed by atoms with Gasteiger partial charge in [-0.05, 0) is 12.8 Å². The highest BCUT2D eigenvalue weighted by Crippen LogP contribution is 2.10. The SMILES string of the molecule is O=C(NCCN1CCOCC1)C(=O)NC[C@@H]1CCCO1. The Balaban J connectivity index is 1.54. The van der Waals surface area contributed by atoms with E-state index in [0.717, 1.165) is 52.3 Å². The van der Waals surface area contributed by atoms with Gasteiger partial charge in [-0.25, -0.2) is 0 Å². The summed E-state index contributed by atoms with van der Waals surface area (Å²) in [5.41, 5.74) is 0. The first-order chi connectivity index (χ1) is 9.75. The maximum atomic E-state index is 11.6. The molecule has 2 amide bonds. The molecule has 0 aromatic heterocycles. The first-order valence-electron chi connectivity index (χ1n) is 7.23. The average Bonchev–Trinajstić information content (AvgIpc) is 2.99. The minimum Gasteiger partial charge on any atom is -0.379 e. The molecule has 0 bridgehead atoms. The van der Waals surface area contributed by atoms with E-state index in [1.54, 1.807) is 0 Å². The molecule has 0 aromatic carbocycles. The summed E-state index contributed by atoms with van der Waals surface area (Å²) in [6, 6.07) is 0. The van der Waals surface area contributed by atoms with Crippen molar-refractivity contribution in [1.82, 2.24) is 15.5 Å². The molecule has 2 aliphatic heterocycles. The molecule has 1 atom stereocenters. The zero-order chi connectivity index (χ0) is 14.2. The van der Waals surface area contributed by atoms with Gasteiger partial charge in [0.15, 0.2) is 0 Å². The number of nitrogens with one attached hydrogen (secondary N) is 2. The van der Waals surface area contributed by atoms with E-state index in [1.807, 2.05) is 0 Å². The molecule has 114 valence electrons. The fraction of sp³-hybridized carbons (Fsp3) is 0.846. The minimum absolute atomic E-state index is 0.0556. The van der Waals surface area contributed by atoms with Crippen molar-refractivity contribution in [1.29, 1.82) is 0 Å². The van der Waals surface area contributed by atoms with Crippen molar-refractivity contribution < 1.29 is 19.1 Å². The molecule has 2 fully saturated rings.